The average molecular weight is 352 g/mol. The van der Waals surface area contributed by atoms with Crippen molar-refractivity contribution in [2.24, 2.45) is 0 Å². The van der Waals surface area contributed by atoms with Gasteiger partial charge in [-0.1, -0.05) is 29.4 Å². The van der Waals surface area contributed by atoms with Crippen LogP contribution in [0.3, 0.4) is 0 Å². The molecule has 2 aromatic carbocycles. The molecule has 0 aromatic heterocycles. The molecule has 23 heavy (non-hydrogen) atoms. The summed E-state index contributed by atoms with van der Waals surface area (Å²) in [4.78, 5) is 23.9. The summed E-state index contributed by atoms with van der Waals surface area (Å²) < 4.78 is 4.99. The molecule has 0 aliphatic heterocycles. The van der Waals surface area contributed by atoms with Gasteiger partial charge in [-0.25, -0.2) is 4.79 Å². The molecule has 120 valence electrons. The van der Waals surface area contributed by atoms with E-state index >= 15 is 0 Å². The van der Waals surface area contributed by atoms with Gasteiger partial charge in [0.25, 0.3) is 5.69 Å². The Morgan fingerprint density at radius 1 is 1.26 bits per heavy atom. The molecule has 0 saturated carbocycles. The maximum atomic E-state index is 12.1. The number of nitro groups is 1. The molecule has 5 nitrogen and oxygen atoms in total. The molecule has 2 aromatic rings. The van der Waals surface area contributed by atoms with Crippen LogP contribution in [0, 0.1) is 17.0 Å². The van der Waals surface area contributed by atoms with Gasteiger partial charge in [-0.2, -0.15) is 0 Å². The zero-order valence-electron chi connectivity index (χ0n) is 12.5. The highest BCUT2D eigenvalue weighted by atomic mass is 35.5. The Hall–Kier alpha value is -2.05. The third-order valence-corrected chi connectivity index (χ3v) is 4.51. The number of hydrogen-bond acceptors (Lipinski definition) is 5. The minimum atomic E-state index is -0.585. The van der Waals surface area contributed by atoms with Gasteiger partial charge < -0.3 is 4.74 Å². The van der Waals surface area contributed by atoms with Crippen molar-refractivity contribution in [3.63, 3.8) is 0 Å². The van der Waals surface area contributed by atoms with E-state index in [1.165, 1.54) is 23.9 Å². The average Bonchev–Trinajstić information content (AvgIpc) is 2.51. The first-order valence-electron chi connectivity index (χ1n) is 6.82. The van der Waals surface area contributed by atoms with Crippen molar-refractivity contribution in [3.05, 3.63) is 62.7 Å². The van der Waals surface area contributed by atoms with Gasteiger partial charge in [0.15, 0.2) is 0 Å². The molecule has 0 radical (unpaired) electrons. The van der Waals surface area contributed by atoms with Crippen molar-refractivity contribution in [3.8, 4) is 0 Å². The standard InChI is InChI=1S/C16H14ClNO4S/c1-3-22-16(19)13-9-12(18(20)21)6-7-14(13)23-15-8-11(17)5-4-10(15)2/h4-9H,3H2,1-2H3. The van der Waals surface area contributed by atoms with Crippen LogP contribution in [0.15, 0.2) is 46.2 Å². The number of esters is 1. The SMILES string of the molecule is CCOC(=O)c1cc([N+](=O)[O-])ccc1Sc1cc(Cl)ccc1C. The molecule has 0 saturated heterocycles. The predicted octanol–water partition coefficient (Wildman–Crippen LogP) is 4.88. The van der Waals surface area contributed by atoms with Gasteiger partial charge in [0.1, 0.15) is 0 Å². The number of nitrogens with zero attached hydrogens (tertiary/aromatic N) is 1. The number of carbonyl (C=O) groups is 1. The molecule has 0 atom stereocenters. The maximum absolute atomic E-state index is 12.1. The number of non-ortho nitro benzene ring substituents is 1. The van der Waals surface area contributed by atoms with Crippen LogP contribution < -0.4 is 0 Å². The van der Waals surface area contributed by atoms with Crippen LogP contribution in [0.25, 0.3) is 0 Å². The largest absolute Gasteiger partial charge is 0.462 e. The van der Waals surface area contributed by atoms with Crippen molar-refractivity contribution < 1.29 is 14.5 Å². The minimum Gasteiger partial charge on any atom is -0.462 e. The first-order valence-corrected chi connectivity index (χ1v) is 8.01. The van der Waals surface area contributed by atoms with Gasteiger partial charge in [0.05, 0.1) is 17.1 Å². The van der Waals surface area contributed by atoms with Crippen LogP contribution in [-0.4, -0.2) is 17.5 Å². The molecule has 7 heteroatoms. The molecule has 0 N–H and O–H groups in total. The summed E-state index contributed by atoms with van der Waals surface area (Å²) in [5.41, 5.74) is 1.01. The lowest BCUT2D eigenvalue weighted by molar-refractivity contribution is -0.384. The molecule has 0 unspecified atom stereocenters. The van der Waals surface area contributed by atoms with Crippen molar-refractivity contribution >= 4 is 35.0 Å². The van der Waals surface area contributed by atoms with Crippen LogP contribution in [0.2, 0.25) is 5.02 Å². The molecule has 0 fully saturated rings. The van der Waals surface area contributed by atoms with Crippen molar-refractivity contribution in [1.82, 2.24) is 0 Å². The molecule has 0 aliphatic rings. The molecular weight excluding hydrogens is 338 g/mol. The fourth-order valence-electron chi connectivity index (χ4n) is 1.89. The zero-order chi connectivity index (χ0) is 17.0. The Labute approximate surface area is 142 Å². The van der Waals surface area contributed by atoms with Crippen molar-refractivity contribution in [2.75, 3.05) is 6.61 Å². The second-order valence-electron chi connectivity index (χ2n) is 4.67. The van der Waals surface area contributed by atoms with Gasteiger partial charge in [0.2, 0.25) is 0 Å². The van der Waals surface area contributed by atoms with E-state index in [1.54, 1.807) is 25.1 Å². The van der Waals surface area contributed by atoms with Gasteiger partial charge >= 0.3 is 5.97 Å². The Balaban J connectivity index is 2.46. The maximum Gasteiger partial charge on any atom is 0.339 e. The van der Waals surface area contributed by atoms with Crippen LogP contribution in [-0.2, 0) is 4.74 Å². The van der Waals surface area contributed by atoms with Gasteiger partial charge in [-0.3, -0.25) is 10.1 Å². The molecule has 2 rings (SSSR count). The lowest BCUT2D eigenvalue weighted by Gasteiger charge is -2.10. The first-order chi connectivity index (χ1) is 10.9. The fraction of sp³-hybridized carbons (Fsp3) is 0.188. The van der Waals surface area contributed by atoms with Crippen molar-refractivity contribution in [1.29, 1.82) is 0 Å². The topological polar surface area (TPSA) is 69.4 Å². The number of hydrogen-bond donors (Lipinski definition) is 0. The van der Waals surface area contributed by atoms with E-state index in [9.17, 15) is 14.9 Å². The zero-order valence-corrected chi connectivity index (χ0v) is 14.1. The van der Waals surface area contributed by atoms with E-state index < -0.39 is 10.9 Å². The molecule has 0 spiro atoms. The Morgan fingerprint density at radius 3 is 2.65 bits per heavy atom. The molecule has 0 bridgehead atoms. The summed E-state index contributed by atoms with van der Waals surface area (Å²) in [6.45, 7) is 3.80. The number of ether oxygens (including phenoxy) is 1. The Bertz CT molecular complexity index is 764. The molecular formula is C16H14ClNO4S. The summed E-state index contributed by atoms with van der Waals surface area (Å²) in [7, 11) is 0. The van der Waals surface area contributed by atoms with Gasteiger partial charge in [-0.05, 0) is 37.6 Å². The Kier molecular flexibility index (Phi) is 5.63. The predicted molar refractivity (Wildman–Crippen MR) is 89.4 cm³/mol. The summed E-state index contributed by atoms with van der Waals surface area (Å²) in [5, 5.41) is 11.5. The van der Waals surface area contributed by atoms with E-state index in [1.807, 2.05) is 13.0 Å². The third kappa shape index (κ3) is 4.24. The summed E-state index contributed by atoms with van der Waals surface area (Å²) >= 11 is 7.33. The first kappa shape index (κ1) is 17.3. The lowest BCUT2D eigenvalue weighted by atomic mass is 10.2. The normalized spacial score (nSPS) is 10.4. The third-order valence-electron chi connectivity index (χ3n) is 3.04. The number of benzene rings is 2. The smallest absolute Gasteiger partial charge is 0.339 e. The lowest BCUT2D eigenvalue weighted by Crippen LogP contribution is -2.07. The van der Waals surface area contributed by atoms with Gasteiger partial charge in [-0.15, -0.1) is 0 Å². The Morgan fingerprint density at radius 2 is 2.00 bits per heavy atom. The molecule has 0 amide bonds. The van der Waals surface area contributed by atoms with Gasteiger partial charge in [0, 0.05) is 26.9 Å². The van der Waals surface area contributed by atoms with Crippen LogP contribution in [0.1, 0.15) is 22.8 Å². The highest BCUT2D eigenvalue weighted by molar-refractivity contribution is 7.99. The van der Waals surface area contributed by atoms with E-state index in [0.29, 0.717) is 9.92 Å². The van der Waals surface area contributed by atoms with E-state index in [0.717, 1.165) is 10.5 Å². The highest BCUT2D eigenvalue weighted by Gasteiger charge is 2.19. The number of carbonyl (C=O) groups excluding carboxylic acids is 1. The number of halogens is 1. The highest BCUT2D eigenvalue weighted by Crippen LogP contribution is 2.36. The number of rotatable bonds is 5. The number of nitro benzene ring substituents is 1. The van der Waals surface area contributed by atoms with Crippen LogP contribution >= 0.6 is 23.4 Å². The number of aryl methyl sites for hydroxylation is 1. The van der Waals surface area contributed by atoms with Crippen LogP contribution in [0.4, 0.5) is 5.69 Å². The second-order valence-corrected chi connectivity index (χ2v) is 6.19. The fourth-order valence-corrected chi connectivity index (χ4v) is 3.17. The summed E-state index contributed by atoms with van der Waals surface area (Å²) in [6, 6.07) is 9.60. The van der Waals surface area contributed by atoms with E-state index in [-0.39, 0.29) is 17.9 Å². The quantitative estimate of drug-likeness (QED) is 0.436. The molecule has 0 heterocycles. The van der Waals surface area contributed by atoms with Crippen LogP contribution in [0.5, 0.6) is 0 Å². The summed E-state index contributed by atoms with van der Waals surface area (Å²) in [5.74, 6) is -0.585. The molecule has 0 aliphatic carbocycles. The minimum absolute atomic E-state index is 0.153. The second kappa shape index (κ2) is 7.48. The van der Waals surface area contributed by atoms with E-state index in [4.69, 9.17) is 16.3 Å². The van der Waals surface area contributed by atoms with E-state index in [2.05, 4.69) is 0 Å². The summed E-state index contributed by atoms with van der Waals surface area (Å²) in [6.07, 6.45) is 0. The van der Waals surface area contributed by atoms with Crippen molar-refractivity contribution in [2.45, 2.75) is 23.6 Å². The monoisotopic (exact) mass is 351 g/mol.